The summed E-state index contributed by atoms with van der Waals surface area (Å²) < 4.78 is 5.77. The zero-order valence-electron chi connectivity index (χ0n) is 14.3. The molecule has 0 saturated heterocycles. The van der Waals surface area contributed by atoms with E-state index in [-0.39, 0.29) is 29.0 Å². The monoisotopic (exact) mass is 384 g/mol. The van der Waals surface area contributed by atoms with Gasteiger partial charge in [-0.2, -0.15) is 0 Å². The fourth-order valence-corrected chi connectivity index (χ4v) is 3.06. The van der Waals surface area contributed by atoms with E-state index in [0.717, 1.165) is 10.9 Å². The van der Waals surface area contributed by atoms with E-state index in [1.165, 1.54) is 0 Å². The number of halogens is 1. The second-order valence-electron chi connectivity index (χ2n) is 7.48. The number of esters is 1. The third-order valence-electron chi connectivity index (χ3n) is 3.02. The molecule has 0 unspecified atom stereocenters. The van der Waals surface area contributed by atoms with Crippen LogP contribution in [0.15, 0.2) is 22.7 Å². The number of nitrogens with one attached hydrogen (secondary N) is 1. The lowest BCUT2D eigenvalue weighted by molar-refractivity contribution is -0.126. The molecular weight excluding hydrogens is 360 g/mol. The van der Waals surface area contributed by atoms with E-state index in [1.807, 2.05) is 13.8 Å². The normalized spacial score (nSPS) is 11.9. The summed E-state index contributed by atoms with van der Waals surface area (Å²) >= 11 is 3.27. The topological polar surface area (TPSA) is 81.4 Å². The highest BCUT2D eigenvalue weighted by molar-refractivity contribution is 9.10. The van der Waals surface area contributed by atoms with Gasteiger partial charge in [0.25, 0.3) is 5.91 Å². The van der Waals surface area contributed by atoms with Crippen molar-refractivity contribution >= 4 is 33.5 Å². The molecule has 23 heavy (non-hydrogen) atoms. The van der Waals surface area contributed by atoms with Gasteiger partial charge in [-0.15, -0.1) is 0 Å². The highest BCUT2D eigenvalue weighted by atomic mass is 79.9. The number of hydrogen-bond donors (Lipinski definition) is 2. The summed E-state index contributed by atoms with van der Waals surface area (Å²) in [6.45, 7) is 9.89. The van der Waals surface area contributed by atoms with Crippen LogP contribution >= 0.6 is 15.9 Å². The van der Waals surface area contributed by atoms with Crippen molar-refractivity contribution in [2.24, 2.45) is 5.41 Å². The average molecular weight is 385 g/mol. The fourth-order valence-electron chi connectivity index (χ4n) is 2.70. The molecule has 0 aromatic heterocycles. The molecule has 0 fully saturated rings. The minimum absolute atomic E-state index is 0.0816. The minimum Gasteiger partial charge on any atom is -0.452 e. The summed E-state index contributed by atoms with van der Waals surface area (Å²) in [5.74, 6) is -0.950. The second kappa shape index (κ2) is 7.34. The number of amides is 1. The summed E-state index contributed by atoms with van der Waals surface area (Å²) in [5, 5.41) is 2.89. The van der Waals surface area contributed by atoms with E-state index < -0.39 is 5.97 Å². The second-order valence-corrected chi connectivity index (χ2v) is 8.39. The standard InChI is InChI=1S/C17H25BrN2O3/c1-16(2,3)10-17(4,5)20-14(21)9-23-15(22)12-8-11(18)6-7-13(12)19/h6-8H,9-10,19H2,1-5H3,(H,20,21). The minimum atomic E-state index is -0.618. The van der Waals surface area contributed by atoms with Gasteiger partial charge in [-0.05, 0) is 43.9 Å². The molecule has 1 amide bonds. The fraction of sp³-hybridized carbons (Fsp3) is 0.529. The Hall–Kier alpha value is -1.56. The van der Waals surface area contributed by atoms with Crippen LogP contribution < -0.4 is 11.1 Å². The van der Waals surface area contributed by atoms with Gasteiger partial charge < -0.3 is 15.8 Å². The number of nitrogens with two attached hydrogens (primary N) is 1. The molecule has 0 bridgehead atoms. The summed E-state index contributed by atoms with van der Waals surface area (Å²) in [6.07, 6.45) is 0.804. The van der Waals surface area contributed by atoms with Gasteiger partial charge in [0.15, 0.2) is 6.61 Å². The molecule has 0 spiro atoms. The molecule has 5 nitrogen and oxygen atoms in total. The third-order valence-corrected chi connectivity index (χ3v) is 3.51. The first kappa shape index (κ1) is 19.5. The van der Waals surface area contributed by atoms with Crippen LogP contribution in [0.5, 0.6) is 0 Å². The van der Waals surface area contributed by atoms with Gasteiger partial charge >= 0.3 is 5.97 Å². The van der Waals surface area contributed by atoms with Crippen LogP contribution in [0.2, 0.25) is 0 Å². The van der Waals surface area contributed by atoms with Crippen molar-refractivity contribution in [3.05, 3.63) is 28.2 Å². The molecule has 128 valence electrons. The quantitative estimate of drug-likeness (QED) is 0.600. The Morgan fingerprint density at radius 3 is 2.39 bits per heavy atom. The number of anilines is 1. The Morgan fingerprint density at radius 2 is 1.83 bits per heavy atom. The molecular formula is C17H25BrN2O3. The van der Waals surface area contributed by atoms with Crippen molar-refractivity contribution < 1.29 is 14.3 Å². The van der Waals surface area contributed by atoms with E-state index in [0.29, 0.717) is 5.69 Å². The maximum Gasteiger partial charge on any atom is 0.340 e. The lowest BCUT2D eigenvalue weighted by Crippen LogP contribution is -2.47. The molecule has 1 rings (SSSR count). The van der Waals surface area contributed by atoms with Crippen molar-refractivity contribution in [1.82, 2.24) is 5.32 Å². The number of nitrogen functional groups attached to an aromatic ring is 1. The molecule has 1 aromatic rings. The smallest absolute Gasteiger partial charge is 0.340 e. The largest absolute Gasteiger partial charge is 0.452 e. The van der Waals surface area contributed by atoms with Gasteiger partial charge in [0, 0.05) is 15.7 Å². The molecule has 0 heterocycles. The lowest BCUT2D eigenvalue weighted by Gasteiger charge is -2.33. The van der Waals surface area contributed by atoms with Gasteiger partial charge in [0.2, 0.25) is 0 Å². The van der Waals surface area contributed by atoms with Crippen LogP contribution in [0.1, 0.15) is 51.4 Å². The number of benzene rings is 1. The van der Waals surface area contributed by atoms with E-state index in [2.05, 4.69) is 42.0 Å². The molecule has 0 aliphatic carbocycles. The van der Waals surface area contributed by atoms with E-state index in [9.17, 15) is 9.59 Å². The van der Waals surface area contributed by atoms with Crippen molar-refractivity contribution in [3.8, 4) is 0 Å². The lowest BCUT2D eigenvalue weighted by atomic mass is 9.82. The number of rotatable bonds is 5. The average Bonchev–Trinajstić information content (AvgIpc) is 2.35. The highest BCUT2D eigenvalue weighted by Gasteiger charge is 2.27. The maximum absolute atomic E-state index is 12.0. The van der Waals surface area contributed by atoms with E-state index in [4.69, 9.17) is 10.5 Å². The zero-order chi connectivity index (χ0) is 17.8. The molecule has 0 aliphatic rings. The third kappa shape index (κ3) is 7.03. The first-order valence-corrected chi connectivity index (χ1v) is 8.22. The van der Waals surface area contributed by atoms with E-state index >= 15 is 0 Å². The van der Waals surface area contributed by atoms with Gasteiger partial charge in [-0.3, -0.25) is 4.79 Å². The Balaban J connectivity index is 2.59. The Morgan fingerprint density at radius 1 is 1.22 bits per heavy atom. The van der Waals surface area contributed by atoms with Gasteiger partial charge in [0.1, 0.15) is 0 Å². The van der Waals surface area contributed by atoms with Gasteiger partial charge in [0.05, 0.1) is 5.56 Å². The van der Waals surface area contributed by atoms with Crippen LogP contribution in [-0.4, -0.2) is 24.0 Å². The number of hydrogen-bond acceptors (Lipinski definition) is 4. The maximum atomic E-state index is 12.0. The number of carbonyl (C=O) groups is 2. The Bertz CT molecular complexity index is 592. The van der Waals surface area contributed by atoms with Crippen LogP contribution in [0, 0.1) is 5.41 Å². The zero-order valence-corrected chi connectivity index (χ0v) is 15.9. The van der Waals surface area contributed by atoms with Crippen LogP contribution in [0.25, 0.3) is 0 Å². The highest BCUT2D eigenvalue weighted by Crippen LogP contribution is 2.26. The molecule has 0 radical (unpaired) electrons. The summed E-state index contributed by atoms with van der Waals surface area (Å²) in [7, 11) is 0. The van der Waals surface area contributed by atoms with Crippen LogP contribution in [-0.2, 0) is 9.53 Å². The predicted octanol–water partition coefficient (Wildman–Crippen LogP) is 3.52. The molecule has 0 atom stereocenters. The Labute approximate surface area is 146 Å². The molecule has 6 heteroatoms. The molecule has 0 saturated carbocycles. The number of ether oxygens (including phenoxy) is 1. The number of carbonyl (C=O) groups excluding carboxylic acids is 2. The first-order chi connectivity index (χ1) is 10.4. The molecule has 1 aromatic carbocycles. The molecule has 0 aliphatic heterocycles. The van der Waals surface area contributed by atoms with Gasteiger partial charge in [-0.25, -0.2) is 4.79 Å². The van der Waals surface area contributed by atoms with Crippen molar-refractivity contribution in [1.29, 1.82) is 0 Å². The molecule has 3 N–H and O–H groups in total. The van der Waals surface area contributed by atoms with E-state index in [1.54, 1.807) is 18.2 Å². The van der Waals surface area contributed by atoms with Crippen molar-refractivity contribution in [2.75, 3.05) is 12.3 Å². The van der Waals surface area contributed by atoms with Crippen LogP contribution in [0.4, 0.5) is 5.69 Å². The van der Waals surface area contributed by atoms with Crippen LogP contribution in [0.3, 0.4) is 0 Å². The SMILES string of the molecule is CC(C)(C)CC(C)(C)NC(=O)COC(=O)c1cc(Br)ccc1N. The van der Waals surface area contributed by atoms with Gasteiger partial charge in [-0.1, -0.05) is 36.7 Å². The summed E-state index contributed by atoms with van der Waals surface area (Å²) in [6, 6.07) is 4.90. The predicted molar refractivity (Wildman–Crippen MR) is 95.1 cm³/mol. The summed E-state index contributed by atoms with van der Waals surface area (Å²) in [4.78, 5) is 24.0. The van der Waals surface area contributed by atoms with Crippen molar-refractivity contribution in [2.45, 2.75) is 46.6 Å². The first-order valence-electron chi connectivity index (χ1n) is 7.43. The van der Waals surface area contributed by atoms with Crippen molar-refractivity contribution in [3.63, 3.8) is 0 Å². The summed E-state index contributed by atoms with van der Waals surface area (Å²) in [5.41, 5.74) is 6.00. The Kier molecular flexibility index (Phi) is 6.22.